The van der Waals surface area contributed by atoms with E-state index in [2.05, 4.69) is 44.2 Å². The van der Waals surface area contributed by atoms with Gasteiger partial charge in [-0.05, 0) is 63.5 Å². The van der Waals surface area contributed by atoms with Crippen LogP contribution >= 0.6 is 0 Å². The number of aromatic amines is 1. The highest BCUT2D eigenvalue weighted by Crippen LogP contribution is 2.26. The van der Waals surface area contributed by atoms with Crippen LogP contribution in [0.15, 0.2) is 43.0 Å². The average Bonchev–Trinajstić information content (AvgIpc) is 3.26. The lowest BCUT2D eigenvalue weighted by atomic mass is 10.1. The molecule has 1 fully saturated rings. The lowest BCUT2D eigenvalue weighted by Gasteiger charge is -2.19. The van der Waals surface area contributed by atoms with Crippen LogP contribution in [0.5, 0.6) is 0 Å². The van der Waals surface area contributed by atoms with Crippen LogP contribution in [0.3, 0.4) is 0 Å². The molecule has 168 valence electrons. The summed E-state index contributed by atoms with van der Waals surface area (Å²) in [7, 11) is 0. The van der Waals surface area contributed by atoms with Gasteiger partial charge in [-0.25, -0.2) is 0 Å². The van der Waals surface area contributed by atoms with E-state index >= 15 is 0 Å². The first-order valence-electron chi connectivity index (χ1n) is 11.4. The van der Waals surface area contributed by atoms with Gasteiger partial charge in [-0.2, -0.15) is 10.2 Å². The van der Waals surface area contributed by atoms with Crippen LogP contribution in [-0.4, -0.2) is 43.9 Å². The highest BCUT2D eigenvalue weighted by molar-refractivity contribution is 6.03. The van der Waals surface area contributed by atoms with Crippen molar-refractivity contribution in [1.29, 1.82) is 0 Å². The maximum absolute atomic E-state index is 12.8. The topological polar surface area (TPSA) is 78.8 Å². The number of amides is 1. The fourth-order valence-electron chi connectivity index (χ4n) is 4.38. The molecule has 0 radical (unpaired) electrons. The molecule has 2 N–H and O–H groups in total. The smallest absolute Gasteiger partial charge is 0.273 e. The van der Waals surface area contributed by atoms with Crippen molar-refractivity contribution in [2.75, 3.05) is 18.4 Å². The molecule has 3 heterocycles. The van der Waals surface area contributed by atoms with Crippen LogP contribution in [0.4, 0.5) is 5.69 Å². The molecular weight excluding hydrogens is 400 g/mol. The second-order valence-corrected chi connectivity index (χ2v) is 8.52. The second kappa shape index (κ2) is 9.96. The number of hydrogen-bond donors (Lipinski definition) is 2. The number of H-pyrrole nitrogens is 1. The van der Waals surface area contributed by atoms with E-state index in [0.717, 1.165) is 29.2 Å². The number of hydrogen-bond acceptors (Lipinski definition) is 4. The first-order chi connectivity index (χ1) is 15.5. The number of rotatable bonds is 7. The number of nitrogens with zero attached hydrogens (tertiary/aromatic N) is 4. The van der Waals surface area contributed by atoms with Crippen molar-refractivity contribution in [2.45, 2.75) is 52.6 Å². The molecule has 0 unspecified atom stereocenters. The number of aromatic nitrogens is 4. The monoisotopic (exact) mass is 432 g/mol. The summed E-state index contributed by atoms with van der Waals surface area (Å²) in [5.41, 5.74) is 6.01. The predicted octanol–water partition coefficient (Wildman–Crippen LogP) is 4.70. The lowest BCUT2D eigenvalue weighted by Crippen LogP contribution is -2.23. The Bertz CT molecular complexity index is 1070. The van der Waals surface area contributed by atoms with Gasteiger partial charge in [0.15, 0.2) is 0 Å². The maximum atomic E-state index is 12.8. The van der Waals surface area contributed by atoms with Crippen LogP contribution in [0.25, 0.3) is 11.3 Å². The van der Waals surface area contributed by atoms with Crippen molar-refractivity contribution in [3.05, 3.63) is 65.6 Å². The van der Waals surface area contributed by atoms with E-state index in [1.54, 1.807) is 6.07 Å². The van der Waals surface area contributed by atoms with E-state index in [1.807, 2.05) is 36.7 Å². The van der Waals surface area contributed by atoms with Gasteiger partial charge in [0, 0.05) is 23.5 Å². The van der Waals surface area contributed by atoms with Crippen molar-refractivity contribution >= 4 is 11.6 Å². The van der Waals surface area contributed by atoms with Gasteiger partial charge in [-0.1, -0.05) is 31.1 Å². The average molecular weight is 433 g/mol. The van der Waals surface area contributed by atoms with E-state index in [4.69, 9.17) is 0 Å². The molecule has 1 aliphatic heterocycles. The fourth-order valence-corrected chi connectivity index (χ4v) is 4.38. The van der Waals surface area contributed by atoms with Gasteiger partial charge in [-0.3, -0.25) is 19.5 Å². The molecule has 7 nitrogen and oxygen atoms in total. The summed E-state index contributed by atoms with van der Waals surface area (Å²) in [6.07, 6.45) is 7.06. The summed E-state index contributed by atoms with van der Waals surface area (Å²) in [4.78, 5) is 15.3. The summed E-state index contributed by atoms with van der Waals surface area (Å²) < 4.78 is 1.89. The Hall–Kier alpha value is -3.19. The molecular formula is C25H32N6O. The summed E-state index contributed by atoms with van der Waals surface area (Å²) >= 11 is 0. The standard InChI is InChI=1S/C25H32N6O/c1-4-13-31-19(3)24(18(2)29-31)22-16-23(28-27-22)25(32)26-21-11-9-20(10-12-21)17-30-14-7-5-6-8-15-30/h4,9-12,16H,1,5-8,13-15,17H2,2-3H3,(H,26,32)(H,27,28). The van der Waals surface area contributed by atoms with Gasteiger partial charge in [-0.15, -0.1) is 6.58 Å². The van der Waals surface area contributed by atoms with Crippen LogP contribution in [0.2, 0.25) is 0 Å². The molecule has 0 aliphatic carbocycles. The van der Waals surface area contributed by atoms with Crippen molar-refractivity contribution in [1.82, 2.24) is 24.9 Å². The first-order valence-corrected chi connectivity index (χ1v) is 11.4. The Morgan fingerprint density at radius 2 is 1.88 bits per heavy atom. The van der Waals surface area contributed by atoms with Gasteiger partial charge in [0.05, 0.1) is 17.9 Å². The molecule has 0 spiro atoms. The van der Waals surface area contributed by atoms with Crippen molar-refractivity contribution in [2.24, 2.45) is 0 Å². The number of nitrogens with one attached hydrogen (secondary N) is 2. The summed E-state index contributed by atoms with van der Waals surface area (Å²) in [6, 6.07) is 9.91. The predicted molar refractivity (Wildman–Crippen MR) is 128 cm³/mol. The Kier molecular flexibility index (Phi) is 6.85. The minimum atomic E-state index is -0.210. The molecule has 4 rings (SSSR count). The zero-order valence-electron chi connectivity index (χ0n) is 19.0. The van der Waals surface area contributed by atoms with E-state index in [9.17, 15) is 4.79 Å². The number of likely N-dealkylation sites (tertiary alicyclic amines) is 1. The van der Waals surface area contributed by atoms with Crippen LogP contribution in [0.1, 0.15) is 53.1 Å². The quantitative estimate of drug-likeness (QED) is 0.530. The van der Waals surface area contributed by atoms with E-state index in [-0.39, 0.29) is 5.91 Å². The second-order valence-electron chi connectivity index (χ2n) is 8.52. The third-order valence-electron chi connectivity index (χ3n) is 6.08. The third-order valence-corrected chi connectivity index (χ3v) is 6.08. The van der Waals surface area contributed by atoms with Gasteiger partial charge in [0.25, 0.3) is 5.91 Å². The number of aryl methyl sites for hydroxylation is 1. The summed E-state index contributed by atoms with van der Waals surface area (Å²) in [5, 5.41) is 14.7. The van der Waals surface area contributed by atoms with Crippen molar-refractivity contribution < 1.29 is 4.79 Å². The molecule has 2 aromatic heterocycles. The Balaban J connectivity index is 1.40. The van der Waals surface area contributed by atoms with E-state index < -0.39 is 0 Å². The normalized spacial score (nSPS) is 14.8. The molecule has 0 bridgehead atoms. The minimum absolute atomic E-state index is 0.210. The van der Waals surface area contributed by atoms with Crippen molar-refractivity contribution in [3.8, 4) is 11.3 Å². The van der Waals surface area contributed by atoms with E-state index in [1.165, 1.54) is 44.3 Å². The largest absolute Gasteiger partial charge is 0.321 e. The highest BCUT2D eigenvalue weighted by Gasteiger charge is 2.18. The fraction of sp³-hybridized carbons (Fsp3) is 0.400. The number of anilines is 1. The summed E-state index contributed by atoms with van der Waals surface area (Å²) in [5.74, 6) is -0.210. The molecule has 3 aromatic rings. The number of carbonyl (C=O) groups is 1. The van der Waals surface area contributed by atoms with E-state index in [0.29, 0.717) is 17.9 Å². The zero-order chi connectivity index (χ0) is 22.5. The van der Waals surface area contributed by atoms with Gasteiger partial charge in [0.2, 0.25) is 0 Å². The highest BCUT2D eigenvalue weighted by atomic mass is 16.1. The van der Waals surface area contributed by atoms with Crippen LogP contribution < -0.4 is 5.32 Å². The minimum Gasteiger partial charge on any atom is -0.321 e. The Morgan fingerprint density at radius 3 is 2.56 bits per heavy atom. The number of benzene rings is 1. The van der Waals surface area contributed by atoms with Crippen molar-refractivity contribution in [3.63, 3.8) is 0 Å². The number of allylic oxidation sites excluding steroid dienone is 1. The van der Waals surface area contributed by atoms with Gasteiger partial charge >= 0.3 is 0 Å². The van der Waals surface area contributed by atoms with Crippen LogP contribution in [0, 0.1) is 13.8 Å². The molecule has 1 aliphatic rings. The first kappa shape index (κ1) is 22.0. The third kappa shape index (κ3) is 4.99. The Labute approximate surface area is 189 Å². The van der Waals surface area contributed by atoms with Crippen LogP contribution in [-0.2, 0) is 13.1 Å². The molecule has 1 aromatic carbocycles. The Morgan fingerprint density at radius 1 is 1.16 bits per heavy atom. The zero-order valence-corrected chi connectivity index (χ0v) is 19.0. The molecule has 7 heteroatoms. The molecule has 1 amide bonds. The maximum Gasteiger partial charge on any atom is 0.273 e. The lowest BCUT2D eigenvalue weighted by molar-refractivity contribution is 0.102. The number of carbonyl (C=O) groups excluding carboxylic acids is 1. The molecule has 0 atom stereocenters. The van der Waals surface area contributed by atoms with Gasteiger partial charge < -0.3 is 5.32 Å². The van der Waals surface area contributed by atoms with Gasteiger partial charge in [0.1, 0.15) is 5.69 Å². The SMILES string of the molecule is C=CCn1nc(C)c(-c2cc(C(=O)Nc3ccc(CN4CCCCCC4)cc3)[nH]n2)c1C. The molecule has 1 saturated heterocycles. The molecule has 32 heavy (non-hydrogen) atoms. The summed E-state index contributed by atoms with van der Waals surface area (Å²) in [6.45, 7) is 11.7. The molecule has 0 saturated carbocycles.